The standard InChI is InChI=1S/C17H22N2O/c1-12-6-8-15(9-7-12)11-19-10-4-5-16(19)17-13(2)18-20-14(17)3/h6-9,16H,4-5,10-11H2,1-3H3. The molecule has 1 saturated heterocycles. The number of aromatic nitrogens is 1. The second-order valence-electron chi connectivity index (χ2n) is 5.85. The fourth-order valence-corrected chi connectivity index (χ4v) is 3.24. The minimum atomic E-state index is 0.461. The van der Waals surface area contributed by atoms with Crippen molar-refractivity contribution in [3.63, 3.8) is 0 Å². The molecule has 0 spiro atoms. The van der Waals surface area contributed by atoms with Crippen LogP contribution >= 0.6 is 0 Å². The van der Waals surface area contributed by atoms with E-state index in [9.17, 15) is 0 Å². The molecular formula is C17H22N2O. The molecule has 0 amide bonds. The van der Waals surface area contributed by atoms with Crippen molar-refractivity contribution >= 4 is 0 Å². The van der Waals surface area contributed by atoms with Gasteiger partial charge in [-0.1, -0.05) is 35.0 Å². The zero-order valence-electron chi connectivity index (χ0n) is 12.5. The summed E-state index contributed by atoms with van der Waals surface area (Å²) in [5.41, 5.74) is 5.05. The van der Waals surface area contributed by atoms with E-state index in [-0.39, 0.29) is 0 Å². The van der Waals surface area contributed by atoms with E-state index in [1.54, 1.807) is 0 Å². The predicted octanol–water partition coefficient (Wildman–Crippen LogP) is 3.94. The van der Waals surface area contributed by atoms with Crippen LogP contribution in [0.25, 0.3) is 0 Å². The second-order valence-corrected chi connectivity index (χ2v) is 5.85. The van der Waals surface area contributed by atoms with Gasteiger partial charge in [0, 0.05) is 18.2 Å². The van der Waals surface area contributed by atoms with Gasteiger partial charge in [-0.05, 0) is 45.7 Å². The molecule has 3 nitrogen and oxygen atoms in total. The molecule has 1 aliphatic rings. The minimum Gasteiger partial charge on any atom is -0.361 e. The van der Waals surface area contributed by atoms with Gasteiger partial charge in [0.05, 0.1) is 5.69 Å². The van der Waals surface area contributed by atoms with Gasteiger partial charge in [-0.15, -0.1) is 0 Å². The van der Waals surface area contributed by atoms with E-state index in [1.807, 2.05) is 13.8 Å². The Morgan fingerprint density at radius 3 is 2.60 bits per heavy atom. The molecule has 1 aromatic heterocycles. The quantitative estimate of drug-likeness (QED) is 0.846. The van der Waals surface area contributed by atoms with Gasteiger partial charge in [-0.2, -0.15) is 0 Å². The van der Waals surface area contributed by atoms with Crippen LogP contribution in [-0.2, 0) is 6.54 Å². The SMILES string of the molecule is Cc1ccc(CN2CCCC2c2c(C)noc2C)cc1. The number of aryl methyl sites for hydroxylation is 3. The van der Waals surface area contributed by atoms with Gasteiger partial charge in [0.15, 0.2) is 0 Å². The third-order valence-corrected chi connectivity index (χ3v) is 4.29. The molecule has 0 bridgehead atoms. The first kappa shape index (κ1) is 13.4. The number of hydrogen-bond donors (Lipinski definition) is 0. The summed E-state index contributed by atoms with van der Waals surface area (Å²) in [4.78, 5) is 2.55. The molecule has 0 radical (unpaired) electrons. The van der Waals surface area contributed by atoms with E-state index in [4.69, 9.17) is 4.52 Å². The van der Waals surface area contributed by atoms with Gasteiger partial charge in [-0.3, -0.25) is 4.90 Å². The lowest BCUT2D eigenvalue weighted by Gasteiger charge is -2.24. The largest absolute Gasteiger partial charge is 0.361 e. The van der Waals surface area contributed by atoms with Crippen molar-refractivity contribution in [1.82, 2.24) is 10.1 Å². The Morgan fingerprint density at radius 1 is 1.20 bits per heavy atom. The number of nitrogens with zero attached hydrogens (tertiary/aromatic N) is 2. The van der Waals surface area contributed by atoms with Gasteiger partial charge in [0.1, 0.15) is 5.76 Å². The van der Waals surface area contributed by atoms with Crippen LogP contribution in [0.5, 0.6) is 0 Å². The normalized spacial score (nSPS) is 19.6. The maximum absolute atomic E-state index is 5.35. The van der Waals surface area contributed by atoms with Crippen LogP contribution in [0.2, 0.25) is 0 Å². The van der Waals surface area contributed by atoms with Crippen molar-refractivity contribution in [2.45, 2.75) is 46.2 Å². The summed E-state index contributed by atoms with van der Waals surface area (Å²) in [5, 5.41) is 4.11. The van der Waals surface area contributed by atoms with Gasteiger partial charge < -0.3 is 4.52 Å². The molecule has 2 aromatic rings. The Balaban J connectivity index is 1.81. The van der Waals surface area contributed by atoms with Crippen LogP contribution in [0.1, 0.15) is 47.0 Å². The molecule has 1 atom stereocenters. The van der Waals surface area contributed by atoms with Crippen molar-refractivity contribution in [3.05, 3.63) is 52.4 Å². The molecule has 0 aliphatic carbocycles. The first-order valence-electron chi connectivity index (χ1n) is 7.37. The molecule has 3 heteroatoms. The summed E-state index contributed by atoms with van der Waals surface area (Å²) >= 11 is 0. The van der Waals surface area contributed by atoms with Crippen molar-refractivity contribution < 1.29 is 4.52 Å². The third-order valence-electron chi connectivity index (χ3n) is 4.29. The molecule has 1 aromatic carbocycles. The highest BCUT2D eigenvalue weighted by atomic mass is 16.5. The molecule has 1 fully saturated rings. The van der Waals surface area contributed by atoms with Gasteiger partial charge in [0.2, 0.25) is 0 Å². The zero-order valence-corrected chi connectivity index (χ0v) is 12.5. The van der Waals surface area contributed by atoms with Crippen LogP contribution in [-0.4, -0.2) is 16.6 Å². The lowest BCUT2D eigenvalue weighted by atomic mass is 10.0. The topological polar surface area (TPSA) is 29.3 Å². The smallest absolute Gasteiger partial charge is 0.138 e. The van der Waals surface area contributed by atoms with Crippen LogP contribution in [0.15, 0.2) is 28.8 Å². The van der Waals surface area contributed by atoms with E-state index in [0.717, 1.165) is 24.5 Å². The Kier molecular flexibility index (Phi) is 3.62. The summed E-state index contributed by atoms with van der Waals surface area (Å²) in [6, 6.07) is 9.31. The second kappa shape index (κ2) is 5.41. The first-order chi connectivity index (χ1) is 9.65. The summed E-state index contributed by atoms with van der Waals surface area (Å²) in [6.45, 7) is 8.37. The lowest BCUT2D eigenvalue weighted by Crippen LogP contribution is -2.23. The molecule has 0 saturated carbocycles. The minimum absolute atomic E-state index is 0.461. The zero-order chi connectivity index (χ0) is 14.1. The van der Waals surface area contributed by atoms with E-state index in [1.165, 1.54) is 29.5 Å². The van der Waals surface area contributed by atoms with Crippen molar-refractivity contribution in [3.8, 4) is 0 Å². The van der Waals surface area contributed by atoms with Crippen LogP contribution in [0, 0.1) is 20.8 Å². The molecule has 1 aliphatic heterocycles. The van der Waals surface area contributed by atoms with Crippen molar-refractivity contribution in [1.29, 1.82) is 0 Å². The van der Waals surface area contributed by atoms with Crippen molar-refractivity contribution in [2.75, 3.05) is 6.54 Å². The Bertz CT molecular complexity index is 566. The number of benzene rings is 1. The molecule has 2 heterocycles. The molecule has 1 unspecified atom stereocenters. The molecule has 0 N–H and O–H groups in total. The fraction of sp³-hybridized carbons (Fsp3) is 0.471. The molecular weight excluding hydrogens is 248 g/mol. The summed E-state index contributed by atoms with van der Waals surface area (Å²) in [6.07, 6.45) is 2.45. The molecule has 106 valence electrons. The fourth-order valence-electron chi connectivity index (χ4n) is 3.24. The lowest BCUT2D eigenvalue weighted by molar-refractivity contribution is 0.245. The highest BCUT2D eigenvalue weighted by Gasteiger charge is 2.30. The monoisotopic (exact) mass is 270 g/mol. The third kappa shape index (κ3) is 2.50. The summed E-state index contributed by atoms with van der Waals surface area (Å²) < 4.78 is 5.35. The molecule has 20 heavy (non-hydrogen) atoms. The maximum Gasteiger partial charge on any atom is 0.138 e. The van der Waals surface area contributed by atoms with Crippen LogP contribution in [0.3, 0.4) is 0 Å². The average molecular weight is 270 g/mol. The number of rotatable bonds is 3. The van der Waals surface area contributed by atoms with Crippen LogP contribution in [0.4, 0.5) is 0 Å². The Hall–Kier alpha value is -1.61. The van der Waals surface area contributed by atoms with E-state index < -0.39 is 0 Å². The van der Waals surface area contributed by atoms with E-state index in [2.05, 4.69) is 41.2 Å². The first-order valence-corrected chi connectivity index (χ1v) is 7.37. The average Bonchev–Trinajstić information content (AvgIpc) is 2.99. The number of likely N-dealkylation sites (tertiary alicyclic amines) is 1. The van der Waals surface area contributed by atoms with Crippen molar-refractivity contribution in [2.24, 2.45) is 0 Å². The van der Waals surface area contributed by atoms with Gasteiger partial charge in [0.25, 0.3) is 0 Å². The highest BCUT2D eigenvalue weighted by Crippen LogP contribution is 2.36. The Morgan fingerprint density at radius 2 is 1.95 bits per heavy atom. The molecule has 3 rings (SSSR count). The van der Waals surface area contributed by atoms with E-state index >= 15 is 0 Å². The van der Waals surface area contributed by atoms with Gasteiger partial charge >= 0.3 is 0 Å². The number of hydrogen-bond acceptors (Lipinski definition) is 3. The Labute approximate surface area is 120 Å². The van der Waals surface area contributed by atoms with Gasteiger partial charge in [-0.25, -0.2) is 0 Å². The summed E-state index contributed by atoms with van der Waals surface area (Å²) in [7, 11) is 0. The predicted molar refractivity (Wildman–Crippen MR) is 79.5 cm³/mol. The van der Waals surface area contributed by atoms with E-state index in [0.29, 0.717) is 6.04 Å². The maximum atomic E-state index is 5.35. The summed E-state index contributed by atoms with van der Waals surface area (Å²) in [5.74, 6) is 0.975. The van der Waals surface area contributed by atoms with Crippen LogP contribution < -0.4 is 0 Å². The highest BCUT2D eigenvalue weighted by molar-refractivity contribution is 5.27.